The number of benzene rings is 3. The molecule has 5 rings (SSSR count). The number of thiazole rings is 1. The normalized spacial score (nSPS) is 16.8. The van der Waals surface area contributed by atoms with Crippen LogP contribution in [0.2, 0.25) is 0 Å². The van der Waals surface area contributed by atoms with Crippen LogP contribution in [0.3, 0.4) is 0 Å². The Balaban J connectivity index is 1.17. The third kappa shape index (κ3) is 12.5. The minimum Gasteiger partial charge on any atom is -0.391 e. The number of rotatable bonds is 17. The second-order valence-electron chi connectivity index (χ2n) is 16.3. The van der Waals surface area contributed by atoms with E-state index < -0.39 is 35.4 Å². The van der Waals surface area contributed by atoms with Crippen molar-refractivity contribution < 1.29 is 33.8 Å². The fourth-order valence-electron chi connectivity index (χ4n) is 7.16. The minimum atomic E-state index is -0.948. The number of nitrogens with two attached hydrogens (primary N) is 1. The lowest BCUT2D eigenvalue weighted by Gasteiger charge is -2.35. The summed E-state index contributed by atoms with van der Waals surface area (Å²) in [6.45, 7) is 11.3. The molecule has 1 saturated heterocycles. The van der Waals surface area contributed by atoms with E-state index in [0.717, 1.165) is 44.0 Å². The summed E-state index contributed by atoms with van der Waals surface area (Å²) in [6, 6.07) is 21.1. The predicted molar refractivity (Wildman–Crippen MR) is 228 cm³/mol. The van der Waals surface area contributed by atoms with E-state index in [1.54, 1.807) is 11.3 Å². The van der Waals surface area contributed by atoms with E-state index in [-0.39, 0.29) is 62.2 Å². The Morgan fingerprint density at radius 2 is 1.63 bits per heavy atom. The zero-order chi connectivity index (χ0) is 42.9. The van der Waals surface area contributed by atoms with E-state index in [0.29, 0.717) is 13.0 Å². The van der Waals surface area contributed by atoms with Gasteiger partial charge in [-0.05, 0) is 59.1 Å². The van der Waals surface area contributed by atoms with Gasteiger partial charge in [0.1, 0.15) is 12.1 Å². The van der Waals surface area contributed by atoms with Crippen LogP contribution < -0.4 is 21.7 Å². The molecule has 1 fully saturated rings. The third-order valence-corrected chi connectivity index (χ3v) is 11.4. The standard InChI is InChI=1S/C45H56N6O7S/c1-27-41(59-26-48-27)34-16-10-30(11-17-34)23-47-43(56)38-22-36(53)24-51(38)44(57)42(45(4,5)6)50-40(55)21-32-8-7-9-35(20-32)33-14-12-31(13-15-33)25-58-28(2)37(49-29(3)52)18-19-39(46)54/h7-17,20,26,28,36-38,42,53H,18-19,21-25H2,1-6H3,(H2,46,54)(H,47,56)(H,49,52)(H,50,55)/t28-,36-,37+,38+,42-/m1/s1. The Labute approximate surface area is 350 Å². The van der Waals surface area contributed by atoms with Gasteiger partial charge in [-0.15, -0.1) is 11.3 Å². The van der Waals surface area contributed by atoms with Gasteiger partial charge in [0.2, 0.25) is 29.5 Å². The lowest BCUT2D eigenvalue weighted by molar-refractivity contribution is -0.144. The molecular weight excluding hydrogens is 769 g/mol. The van der Waals surface area contributed by atoms with Crippen LogP contribution in [0.1, 0.15) is 76.3 Å². The van der Waals surface area contributed by atoms with E-state index in [1.165, 1.54) is 11.8 Å². The fourth-order valence-corrected chi connectivity index (χ4v) is 7.97. The predicted octanol–water partition coefficient (Wildman–Crippen LogP) is 4.81. The molecule has 3 aromatic carbocycles. The van der Waals surface area contributed by atoms with E-state index >= 15 is 0 Å². The molecule has 0 bridgehead atoms. The van der Waals surface area contributed by atoms with Crippen molar-refractivity contribution in [3.8, 4) is 21.6 Å². The van der Waals surface area contributed by atoms with Crippen molar-refractivity contribution in [3.05, 3.63) is 101 Å². The van der Waals surface area contributed by atoms with Gasteiger partial charge in [-0.1, -0.05) is 93.6 Å². The van der Waals surface area contributed by atoms with Crippen molar-refractivity contribution in [2.45, 2.75) is 111 Å². The molecule has 0 unspecified atom stereocenters. The molecule has 0 spiro atoms. The maximum atomic E-state index is 14.1. The van der Waals surface area contributed by atoms with Crippen LogP contribution in [0, 0.1) is 12.3 Å². The maximum absolute atomic E-state index is 14.1. The molecule has 1 aliphatic heterocycles. The van der Waals surface area contributed by atoms with Gasteiger partial charge >= 0.3 is 0 Å². The van der Waals surface area contributed by atoms with Crippen LogP contribution in [-0.4, -0.2) is 81.4 Å². The Kier molecular flexibility index (Phi) is 15.1. The van der Waals surface area contributed by atoms with E-state index in [4.69, 9.17) is 10.5 Å². The number of carbonyl (C=O) groups is 5. The smallest absolute Gasteiger partial charge is 0.246 e. The van der Waals surface area contributed by atoms with Crippen LogP contribution in [0.15, 0.2) is 78.3 Å². The van der Waals surface area contributed by atoms with Crippen molar-refractivity contribution in [2.24, 2.45) is 11.1 Å². The summed E-state index contributed by atoms with van der Waals surface area (Å²) in [6.07, 6.45) is -0.580. The lowest BCUT2D eigenvalue weighted by atomic mass is 9.85. The van der Waals surface area contributed by atoms with Gasteiger partial charge in [0.25, 0.3) is 0 Å². The van der Waals surface area contributed by atoms with E-state index in [2.05, 4.69) is 20.9 Å². The summed E-state index contributed by atoms with van der Waals surface area (Å²) in [5.41, 5.74) is 12.8. The average Bonchev–Trinajstić information content (AvgIpc) is 3.81. The molecular formula is C45H56N6O7S. The molecule has 59 heavy (non-hydrogen) atoms. The number of likely N-dealkylation sites (tertiary alicyclic amines) is 1. The van der Waals surface area contributed by atoms with E-state index in [1.807, 2.05) is 113 Å². The van der Waals surface area contributed by atoms with Crippen LogP contribution in [0.5, 0.6) is 0 Å². The van der Waals surface area contributed by atoms with Crippen LogP contribution in [-0.2, 0) is 48.3 Å². The first-order valence-corrected chi connectivity index (χ1v) is 20.8. The summed E-state index contributed by atoms with van der Waals surface area (Å²) in [5, 5.41) is 19.3. The number of β-amino-alcohol motifs (C(OH)–C–C–N with tert-alkyl or cyclic N) is 1. The second-order valence-corrected chi connectivity index (χ2v) is 17.2. The molecule has 0 saturated carbocycles. The van der Waals surface area contributed by atoms with Gasteiger partial charge in [-0.3, -0.25) is 24.0 Å². The van der Waals surface area contributed by atoms with Crippen molar-refractivity contribution in [2.75, 3.05) is 6.54 Å². The van der Waals surface area contributed by atoms with Crippen molar-refractivity contribution in [1.29, 1.82) is 0 Å². The van der Waals surface area contributed by atoms with Crippen LogP contribution in [0.4, 0.5) is 0 Å². The molecule has 13 nitrogen and oxygen atoms in total. The molecule has 14 heteroatoms. The molecule has 0 aliphatic carbocycles. The summed E-state index contributed by atoms with van der Waals surface area (Å²) >= 11 is 1.57. The van der Waals surface area contributed by atoms with Gasteiger partial charge in [0.15, 0.2) is 0 Å². The summed E-state index contributed by atoms with van der Waals surface area (Å²) < 4.78 is 6.03. The molecule has 0 radical (unpaired) electrons. The van der Waals surface area contributed by atoms with Crippen LogP contribution in [0.25, 0.3) is 21.6 Å². The molecule has 6 N–H and O–H groups in total. The highest BCUT2D eigenvalue weighted by Gasteiger charge is 2.44. The first kappa shape index (κ1) is 44.7. The number of aryl methyl sites for hydroxylation is 1. The molecule has 1 aliphatic rings. The number of amides is 5. The third-order valence-electron chi connectivity index (χ3n) is 10.5. The highest BCUT2D eigenvalue weighted by Crippen LogP contribution is 2.29. The average molecular weight is 825 g/mol. The number of hydrogen-bond donors (Lipinski definition) is 5. The first-order chi connectivity index (χ1) is 28.0. The van der Waals surface area contributed by atoms with Gasteiger partial charge < -0.3 is 36.4 Å². The first-order valence-electron chi connectivity index (χ1n) is 19.9. The Morgan fingerprint density at radius 3 is 2.25 bits per heavy atom. The maximum Gasteiger partial charge on any atom is 0.246 e. The number of nitrogens with one attached hydrogen (secondary N) is 3. The number of hydrogen-bond acceptors (Lipinski definition) is 9. The second kappa shape index (κ2) is 20.0. The van der Waals surface area contributed by atoms with Crippen molar-refractivity contribution in [1.82, 2.24) is 25.8 Å². The zero-order valence-electron chi connectivity index (χ0n) is 34.6. The number of aliphatic hydroxyl groups is 1. The van der Waals surface area contributed by atoms with Gasteiger partial charge in [-0.2, -0.15) is 0 Å². The molecule has 1 aromatic heterocycles. The molecule has 5 amide bonds. The van der Waals surface area contributed by atoms with Gasteiger partial charge in [0.05, 0.1) is 47.4 Å². The van der Waals surface area contributed by atoms with Crippen LogP contribution >= 0.6 is 11.3 Å². The topological polar surface area (TPSA) is 193 Å². The lowest BCUT2D eigenvalue weighted by Crippen LogP contribution is -2.58. The van der Waals surface area contributed by atoms with Crippen molar-refractivity contribution in [3.63, 3.8) is 0 Å². The number of aliphatic hydroxyl groups excluding tert-OH is 1. The quantitative estimate of drug-likeness (QED) is 0.100. The summed E-state index contributed by atoms with van der Waals surface area (Å²) in [7, 11) is 0. The Morgan fingerprint density at radius 1 is 0.949 bits per heavy atom. The molecule has 314 valence electrons. The number of aromatic nitrogens is 1. The zero-order valence-corrected chi connectivity index (χ0v) is 35.4. The summed E-state index contributed by atoms with van der Waals surface area (Å²) in [5.74, 6) is -1.78. The molecule has 4 aromatic rings. The Bertz CT molecular complexity index is 2100. The van der Waals surface area contributed by atoms with Crippen molar-refractivity contribution >= 4 is 40.9 Å². The number of primary amides is 1. The number of ether oxygens (including phenoxy) is 1. The number of carbonyl (C=O) groups excluding carboxylic acids is 5. The SMILES string of the molecule is CC(=O)N[C@@H](CCC(N)=O)[C@@H](C)OCc1ccc(-c2cccc(CC(=O)N[C@H](C(=O)N3C[C@H](O)C[C@H]3C(=O)NCc3ccc(-c4scnc4C)cc3)C(C)(C)C)c2)cc1. The van der Waals surface area contributed by atoms with Gasteiger partial charge in [0, 0.05) is 32.9 Å². The highest BCUT2D eigenvalue weighted by atomic mass is 32.1. The minimum absolute atomic E-state index is 0.0111. The highest BCUT2D eigenvalue weighted by molar-refractivity contribution is 7.13. The molecule has 5 atom stereocenters. The monoisotopic (exact) mass is 824 g/mol. The molecule has 2 heterocycles. The number of nitrogens with zero attached hydrogens (tertiary/aromatic N) is 2. The fraction of sp³-hybridized carbons (Fsp3) is 0.422. The largest absolute Gasteiger partial charge is 0.391 e. The van der Waals surface area contributed by atoms with Gasteiger partial charge in [-0.25, -0.2) is 4.98 Å². The Hall–Kier alpha value is -5.44. The summed E-state index contributed by atoms with van der Waals surface area (Å²) in [4.78, 5) is 71.0. The van der Waals surface area contributed by atoms with E-state index in [9.17, 15) is 29.1 Å².